The predicted octanol–water partition coefficient (Wildman–Crippen LogP) is 3.89. The number of amides is 1. The van der Waals surface area contributed by atoms with E-state index in [1.165, 1.54) is 18.2 Å². The molecule has 1 amide bonds. The van der Waals surface area contributed by atoms with Crippen LogP contribution in [-0.2, 0) is 4.79 Å². The van der Waals surface area contributed by atoms with Gasteiger partial charge in [-0.25, -0.2) is 4.98 Å². The maximum absolute atomic E-state index is 12.2. The highest BCUT2D eigenvalue weighted by atomic mass is 79.9. The van der Waals surface area contributed by atoms with Gasteiger partial charge in [0.05, 0.1) is 21.9 Å². The van der Waals surface area contributed by atoms with Crippen molar-refractivity contribution in [1.29, 1.82) is 0 Å². The van der Waals surface area contributed by atoms with E-state index in [4.69, 9.17) is 0 Å². The quantitative estimate of drug-likeness (QED) is 0.286. The first-order valence-corrected chi connectivity index (χ1v) is 9.70. The largest absolute Gasteiger partial charge is 0.507 e. The minimum Gasteiger partial charge on any atom is -0.507 e. The fraction of sp³-hybridized carbons (Fsp3) is 0.118. The maximum Gasteiger partial charge on any atom is 0.271 e. The average Bonchev–Trinajstić information content (AvgIpc) is 3.12. The summed E-state index contributed by atoms with van der Waals surface area (Å²) in [5.41, 5.74) is 1.48. The molecule has 0 fully saturated rings. The van der Waals surface area contributed by atoms with E-state index in [9.17, 15) is 20.0 Å². The van der Waals surface area contributed by atoms with Gasteiger partial charge >= 0.3 is 0 Å². The van der Waals surface area contributed by atoms with Gasteiger partial charge < -0.3 is 10.4 Å². The zero-order valence-electron chi connectivity index (χ0n) is 14.5. The first-order chi connectivity index (χ1) is 13.3. The molecule has 3 aromatic rings. The molecule has 1 heterocycles. The number of carbonyl (C=O) groups is 1. The zero-order chi connectivity index (χ0) is 20.3. The molecule has 0 saturated heterocycles. The van der Waals surface area contributed by atoms with Crippen LogP contribution in [0.3, 0.4) is 0 Å². The Morgan fingerprint density at radius 3 is 2.89 bits per heavy atom. The van der Waals surface area contributed by atoms with Gasteiger partial charge in [-0.2, -0.15) is 0 Å². The molecule has 0 spiro atoms. The number of phenolic OH excluding ortho intramolecular Hbond substituents is 1. The van der Waals surface area contributed by atoms with Crippen LogP contribution in [0.1, 0.15) is 5.56 Å². The number of rotatable bonds is 6. The summed E-state index contributed by atoms with van der Waals surface area (Å²) < 4.78 is 0.776. The summed E-state index contributed by atoms with van der Waals surface area (Å²) in [6.45, 7) is 1.75. The Morgan fingerprint density at radius 1 is 1.36 bits per heavy atom. The van der Waals surface area contributed by atoms with Crippen molar-refractivity contribution in [2.45, 2.75) is 12.1 Å². The molecule has 1 aromatic heterocycles. The monoisotopic (exact) mass is 463 g/mol. The number of nitrogens with zero attached hydrogens (tertiary/aromatic N) is 3. The van der Waals surface area contributed by atoms with Gasteiger partial charge in [-0.3, -0.25) is 20.0 Å². The molecule has 2 aromatic carbocycles. The third kappa shape index (κ3) is 4.67. The lowest BCUT2D eigenvalue weighted by atomic mass is 10.2. The number of hydrogen-bond acceptors (Lipinski definition) is 7. The summed E-state index contributed by atoms with van der Waals surface area (Å²) in [7, 11) is 0. The Labute approximate surface area is 171 Å². The molecule has 0 atom stereocenters. The summed E-state index contributed by atoms with van der Waals surface area (Å²) in [5.74, 6) is 0.0976. The third-order valence-corrected chi connectivity index (χ3v) is 5.06. The number of aromatic hydroxyl groups is 1. The number of H-pyrrole nitrogens is 1. The van der Waals surface area contributed by atoms with Crippen LogP contribution in [-0.4, -0.2) is 36.9 Å². The number of halogens is 1. The van der Waals surface area contributed by atoms with Crippen molar-refractivity contribution in [3.8, 4) is 17.1 Å². The minimum atomic E-state index is -0.517. The molecule has 11 heteroatoms. The Kier molecular flexibility index (Phi) is 5.95. The van der Waals surface area contributed by atoms with Crippen molar-refractivity contribution in [3.05, 3.63) is 56.5 Å². The van der Waals surface area contributed by atoms with Crippen molar-refractivity contribution in [2.75, 3.05) is 11.1 Å². The van der Waals surface area contributed by atoms with Crippen LogP contribution >= 0.6 is 27.7 Å². The molecule has 9 nitrogen and oxygen atoms in total. The smallest absolute Gasteiger partial charge is 0.271 e. The van der Waals surface area contributed by atoms with E-state index in [0.717, 1.165) is 16.2 Å². The third-order valence-electron chi connectivity index (χ3n) is 3.72. The van der Waals surface area contributed by atoms with Crippen LogP contribution in [0.2, 0.25) is 0 Å². The fourth-order valence-corrected chi connectivity index (χ4v) is 3.26. The van der Waals surface area contributed by atoms with Gasteiger partial charge in [-0.1, -0.05) is 33.8 Å². The number of aromatic amines is 1. The summed E-state index contributed by atoms with van der Waals surface area (Å²) in [6, 6.07) is 9.20. The Bertz CT molecular complexity index is 1060. The van der Waals surface area contributed by atoms with E-state index in [0.29, 0.717) is 27.8 Å². The number of aryl methyl sites for hydroxylation is 1. The summed E-state index contributed by atoms with van der Waals surface area (Å²) in [6.07, 6.45) is 0. The van der Waals surface area contributed by atoms with Crippen molar-refractivity contribution < 1.29 is 14.8 Å². The number of carbonyl (C=O) groups excluding carboxylic acids is 1. The minimum absolute atomic E-state index is 0.0177. The number of aromatic nitrogens is 3. The first kappa shape index (κ1) is 19.8. The van der Waals surface area contributed by atoms with E-state index < -0.39 is 4.92 Å². The van der Waals surface area contributed by atoms with Crippen LogP contribution in [0.5, 0.6) is 5.75 Å². The van der Waals surface area contributed by atoms with Crippen LogP contribution < -0.4 is 5.32 Å². The molecule has 0 bridgehead atoms. The molecule has 0 unspecified atom stereocenters. The molecular formula is C17H14BrN5O4S. The molecule has 3 N–H and O–H groups in total. The Balaban J connectivity index is 1.64. The molecule has 0 radical (unpaired) electrons. The average molecular weight is 464 g/mol. The number of nitro groups is 1. The molecule has 144 valence electrons. The van der Waals surface area contributed by atoms with Crippen LogP contribution in [0.25, 0.3) is 11.4 Å². The summed E-state index contributed by atoms with van der Waals surface area (Å²) in [4.78, 5) is 26.8. The van der Waals surface area contributed by atoms with Crippen LogP contribution in [0, 0.1) is 17.0 Å². The van der Waals surface area contributed by atoms with Gasteiger partial charge in [0.1, 0.15) is 5.75 Å². The molecule has 0 saturated carbocycles. The van der Waals surface area contributed by atoms with Crippen LogP contribution in [0.15, 0.2) is 46.0 Å². The van der Waals surface area contributed by atoms with E-state index >= 15 is 0 Å². The normalized spacial score (nSPS) is 10.6. The molecule has 28 heavy (non-hydrogen) atoms. The number of phenols is 1. The van der Waals surface area contributed by atoms with E-state index in [-0.39, 0.29) is 23.1 Å². The number of nitro benzene ring substituents is 1. The zero-order valence-corrected chi connectivity index (χ0v) is 16.9. The van der Waals surface area contributed by atoms with Crippen molar-refractivity contribution in [1.82, 2.24) is 15.2 Å². The SMILES string of the molecule is Cc1ccc([N+](=O)[O-])cc1NC(=O)CSc1n[nH]c(-c2cc(Br)ccc2O)n1. The van der Waals surface area contributed by atoms with Gasteiger partial charge in [0.2, 0.25) is 11.1 Å². The second-order valence-corrected chi connectivity index (χ2v) is 7.58. The lowest BCUT2D eigenvalue weighted by molar-refractivity contribution is -0.384. The van der Waals surface area contributed by atoms with E-state index in [2.05, 4.69) is 36.4 Å². The summed E-state index contributed by atoms with van der Waals surface area (Å²) >= 11 is 4.42. The standard InChI is InChI=1S/C17H14BrN5O4S/c1-9-2-4-11(23(26)27)7-13(9)19-15(25)8-28-17-20-16(21-22-17)12-6-10(18)3-5-14(12)24/h2-7,24H,8H2,1H3,(H,19,25)(H,20,21,22). The number of nitrogens with one attached hydrogen (secondary N) is 2. The molecule has 0 aliphatic rings. The predicted molar refractivity (Wildman–Crippen MR) is 108 cm³/mol. The van der Waals surface area contributed by atoms with E-state index in [1.807, 2.05) is 0 Å². The highest BCUT2D eigenvalue weighted by molar-refractivity contribution is 9.10. The number of non-ortho nitro benzene ring substituents is 1. The van der Waals surface area contributed by atoms with Crippen molar-refractivity contribution in [3.63, 3.8) is 0 Å². The number of benzene rings is 2. The number of hydrogen-bond donors (Lipinski definition) is 3. The highest BCUT2D eigenvalue weighted by Crippen LogP contribution is 2.30. The summed E-state index contributed by atoms with van der Waals surface area (Å²) in [5, 5.41) is 30.6. The Hall–Kier alpha value is -2.92. The van der Waals surface area contributed by atoms with Gasteiger partial charge in [0, 0.05) is 16.6 Å². The van der Waals surface area contributed by atoms with Gasteiger partial charge in [0.15, 0.2) is 5.82 Å². The highest BCUT2D eigenvalue weighted by Gasteiger charge is 2.14. The maximum atomic E-state index is 12.2. The molecule has 3 rings (SSSR count). The molecule has 0 aliphatic carbocycles. The molecular weight excluding hydrogens is 450 g/mol. The van der Waals surface area contributed by atoms with Crippen molar-refractivity contribution >= 4 is 45.0 Å². The van der Waals surface area contributed by atoms with Gasteiger partial charge in [-0.05, 0) is 30.7 Å². The van der Waals surface area contributed by atoms with Gasteiger partial charge in [-0.15, -0.1) is 5.10 Å². The topological polar surface area (TPSA) is 134 Å². The lowest BCUT2D eigenvalue weighted by Crippen LogP contribution is -2.15. The Morgan fingerprint density at radius 2 is 2.14 bits per heavy atom. The first-order valence-electron chi connectivity index (χ1n) is 7.92. The second-order valence-electron chi connectivity index (χ2n) is 5.72. The van der Waals surface area contributed by atoms with Gasteiger partial charge in [0.25, 0.3) is 5.69 Å². The fourth-order valence-electron chi connectivity index (χ4n) is 2.30. The van der Waals surface area contributed by atoms with Crippen LogP contribution in [0.4, 0.5) is 11.4 Å². The molecule has 0 aliphatic heterocycles. The number of anilines is 1. The number of thioether (sulfide) groups is 1. The van der Waals surface area contributed by atoms with E-state index in [1.54, 1.807) is 25.1 Å². The lowest BCUT2D eigenvalue weighted by Gasteiger charge is -2.07. The second kappa shape index (κ2) is 8.40. The van der Waals surface area contributed by atoms with Crippen molar-refractivity contribution in [2.24, 2.45) is 0 Å².